The molecule has 0 saturated carbocycles. The van der Waals surface area contributed by atoms with Gasteiger partial charge in [-0.3, -0.25) is 9.97 Å². The van der Waals surface area contributed by atoms with Crippen LogP contribution in [0.4, 0.5) is 5.82 Å². The quantitative estimate of drug-likeness (QED) is 0.594. The van der Waals surface area contributed by atoms with Crippen LogP contribution in [0, 0.1) is 6.92 Å². The SMILES string of the molecule is Cc1ccc(Oc2cncc(NN)n2)cn1. The van der Waals surface area contributed by atoms with Crippen LogP contribution in [0.25, 0.3) is 0 Å². The van der Waals surface area contributed by atoms with E-state index in [0.717, 1.165) is 5.69 Å². The van der Waals surface area contributed by atoms with Crippen molar-refractivity contribution in [2.24, 2.45) is 5.84 Å². The average molecular weight is 217 g/mol. The minimum atomic E-state index is 0.362. The van der Waals surface area contributed by atoms with E-state index in [0.29, 0.717) is 17.4 Å². The highest BCUT2D eigenvalue weighted by molar-refractivity contribution is 5.33. The summed E-state index contributed by atoms with van der Waals surface area (Å²) in [6.07, 6.45) is 4.63. The van der Waals surface area contributed by atoms with E-state index in [9.17, 15) is 0 Å². The van der Waals surface area contributed by atoms with E-state index in [1.165, 1.54) is 12.4 Å². The molecule has 6 heteroatoms. The molecular formula is C10H11N5O. The fraction of sp³-hybridized carbons (Fsp3) is 0.100. The van der Waals surface area contributed by atoms with Gasteiger partial charge < -0.3 is 10.2 Å². The topological polar surface area (TPSA) is 86.0 Å². The van der Waals surface area contributed by atoms with Gasteiger partial charge in [-0.25, -0.2) is 5.84 Å². The fourth-order valence-corrected chi connectivity index (χ4v) is 1.10. The van der Waals surface area contributed by atoms with Crippen molar-refractivity contribution in [2.75, 3.05) is 5.43 Å². The van der Waals surface area contributed by atoms with Crippen molar-refractivity contribution in [3.8, 4) is 11.6 Å². The standard InChI is InChI=1S/C10H11N5O/c1-7-2-3-8(4-13-7)16-10-6-12-5-9(14-10)15-11/h2-6H,11H2,1H3,(H,14,15). The molecule has 2 heterocycles. The Balaban J connectivity index is 2.16. The van der Waals surface area contributed by atoms with Crippen molar-refractivity contribution in [2.45, 2.75) is 6.92 Å². The van der Waals surface area contributed by atoms with Gasteiger partial charge in [-0.1, -0.05) is 0 Å². The van der Waals surface area contributed by atoms with E-state index >= 15 is 0 Å². The minimum absolute atomic E-state index is 0.362. The molecule has 0 aliphatic rings. The second kappa shape index (κ2) is 4.54. The first-order valence-electron chi connectivity index (χ1n) is 4.67. The number of aryl methyl sites for hydroxylation is 1. The number of nitrogens with two attached hydrogens (primary N) is 1. The highest BCUT2D eigenvalue weighted by atomic mass is 16.5. The summed E-state index contributed by atoms with van der Waals surface area (Å²) in [7, 11) is 0. The van der Waals surface area contributed by atoms with Crippen molar-refractivity contribution in [3.63, 3.8) is 0 Å². The van der Waals surface area contributed by atoms with Gasteiger partial charge in [0.05, 0.1) is 18.6 Å². The maximum absolute atomic E-state index is 5.44. The monoisotopic (exact) mass is 217 g/mol. The number of hydrogen-bond donors (Lipinski definition) is 2. The van der Waals surface area contributed by atoms with Crippen LogP contribution in [0.1, 0.15) is 5.69 Å². The van der Waals surface area contributed by atoms with Crippen LogP contribution in [0.15, 0.2) is 30.7 Å². The Kier molecular flexibility index (Phi) is 2.93. The van der Waals surface area contributed by atoms with Gasteiger partial charge >= 0.3 is 0 Å². The van der Waals surface area contributed by atoms with E-state index in [1.807, 2.05) is 19.1 Å². The molecule has 0 saturated heterocycles. The molecule has 2 rings (SSSR count). The minimum Gasteiger partial charge on any atom is -0.436 e. The molecule has 0 amide bonds. The van der Waals surface area contributed by atoms with E-state index in [2.05, 4.69) is 20.4 Å². The number of ether oxygens (including phenoxy) is 1. The van der Waals surface area contributed by atoms with Crippen LogP contribution in [0.3, 0.4) is 0 Å². The molecule has 0 fully saturated rings. The molecule has 6 nitrogen and oxygen atoms in total. The van der Waals surface area contributed by atoms with Gasteiger partial charge in [0.25, 0.3) is 0 Å². The Labute approximate surface area is 92.5 Å². The predicted molar refractivity (Wildman–Crippen MR) is 58.9 cm³/mol. The number of nitrogens with zero attached hydrogens (tertiary/aromatic N) is 3. The van der Waals surface area contributed by atoms with Crippen LogP contribution in [0.2, 0.25) is 0 Å². The highest BCUT2D eigenvalue weighted by Gasteiger charge is 2.00. The maximum Gasteiger partial charge on any atom is 0.239 e. The average Bonchev–Trinajstić information content (AvgIpc) is 2.32. The van der Waals surface area contributed by atoms with Crippen molar-refractivity contribution in [3.05, 3.63) is 36.4 Å². The van der Waals surface area contributed by atoms with E-state index in [-0.39, 0.29) is 0 Å². The van der Waals surface area contributed by atoms with Crippen molar-refractivity contribution in [1.29, 1.82) is 0 Å². The summed E-state index contributed by atoms with van der Waals surface area (Å²) < 4.78 is 5.44. The number of pyridine rings is 1. The zero-order valence-electron chi connectivity index (χ0n) is 8.71. The molecule has 0 spiro atoms. The number of nitrogen functional groups attached to an aromatic ring is 1. The molecule has 0 aliphatic heterocycles. The third-order valence-corrected chi connectivity index (χ3v) is 1.87. The van der Waals surface area contributed by atoms with Gasteiger partial charge in [0, 0.05) is 5.69 Å². The summed E-state index contributed by atoms with van der Waals surface area (Å²) in [6.45, 7) is 1.91. The Morgan fingerprint density at radius 3 is 2.81 bits per heavy atom. The van der Waals surface area contributed by atoms with Crippen LogP contribution >= 0.6 is 0 Å². The molecule has 0 unspecified atom stereocenters. The highest BCUT2D eigenvalue weighted by Crippen LogP contribution is 2.18. The Morgan fingerprint density at radius 2 is 2.12 bits per heavy atom. The number of hydrazine groups is 1. The second-order valence-electron chi connectivity index (χ2n) is 3.12. The number of anilines is 1. The molecule has 0 radical (unpaired) electrons. The lowest BCUT2D eigenvalue weighted by molar-refractivity contribution is 0.458. The molecule has 2 aromatic rings. The number of rotatable bonds is 3. The summed E-state index contributed by atoms with van der Waals surface area (Å²) in [4.78, 5) is 12.1. The molecule has 2 aromatic heterocycles. The first-order chi connectivity index (χ1) is 7.78. The van der Waals surface area contributed by atoms with Gasteiger partial charge in [0.15, 0.2) is 5.82 Å². The van der Waals surface area contributed by atoms with Gasteiger partial charge in [0.2, 0.25) is 5.88 Å². The summed E-state index contributed by atoms with van der Waals surface area (Å²) >= 11 is 0. The van der Waals surface area contributed by atoms with E-state index < -0.39 is 0 Å². The first-order valence-corrected chi connectivity index (χ1v) is 4.67. The van der Waals surface area contributed by atoms with Crippen LogP contribution in [0.5, 0.6) is 11.6 Å². The molecule has 0 aliphatic carbocycles. The zero-order chi connectivity index (χ0) is 11.4. The van der Waals surface area contributed by atoms with Gasteiger partial charge in [0.1, 0.15) is 5.75 Å². The third-order valence-electron chi connectivity index (χ3n) is 1.87. The molecule has 16 heavy (non-hydrogen) atoms. The lowest BCUT2D eigenvalue weighted by atomic mass is 10.4. The second-order valence-corrected chi connectivity index (χ2v) is 3.12. The smallest absolute Gasteiger partial charge is 0.239 e. The van der Waals surface area contributed by atoms with Crippen molar-refractivity contribution >= 4 is 5.82 Å². The third kappa shape index (κ3) is 2.43. The molecule has 0 bridgehead atoms. The molecule has 0 atom stereocenters. The summed E-state index contributed by atoms with van der Waals surface area (Å²) in [5.41, 5.74) is 3.32. The van der Waals surface area contributed by atoms with E-state index in [4.69, 9.17) is 10.6 Å². The normalized spacial score (nSPS) is 9.88. The molecular weight excluding hydrogens is 206 g/mol. The van der Waals surface area contributed by atoms with E-state index in [1.54, 1.807) is 6.20 Å². The summed E-state index contributed by atoms with van der Waals surface area (Å²) in [5.74, 6) is 6.62. The van der Waals surface area contributed by atoms with Crippen LogP contribution < -0.4 is 16.0 Å². The summed E-state index contributed by atoms with van der Waals surface area (Å²) in [5, 5.41) is 0. The Bertz CT molecular complexity index is 471. The Morgan fingerprint density at radius 1 is 1.25 bits per heavy atom. The Hall–Kier alpha value is -2.21. The summed E-state index contributed by atoms with van der Waals surface area (Å²) in [6, 6.07) is 3.67. The maximum atomic E-state index is 5.44. The zero-order valence-corrected chi connectivity index (χ0v) is 8.71. The number of hydrogen-bond acceptors (Lipinski definition) is 6. The predicted octanol–water partition coefficient (Wildman–Crippen LogP) is 1.26. The van der Waals surface area contributed by atoms with Gasteiger partial charge in [-0.2, -0.15) is 4.98 Å². The lowest BCUT2D eigenvalue weighted by Gasteiger charge is -2.05. The lowest BCUT2D eigenvalue weighted by Crippen LogP contribution is -2.09. The fourth-order valence-electron chi connectivity index (χ4n) is 1.10. The molecule has 3 N–H and O–H groups in total. The first kappa shape index (κ1) is 10.3. The van der Waals surface area contributed by atoms with Gasteiger partial charge in [-0.15, -0.1) is 0 Å². The number of aromatic nitrogens is 3. The van der Waals surface area contributed by atoms with Crippen LogP contribution in [-0.4, -0.2) is 15.0 Å². The van der Waals surface area contributed by atoms with Gasteiger partial charge in [-0.05, 0) is 19.1 Å². The molecule has 82 valence electrons. The van der Waals surface area contributed by atoms with Crippen LogP contribution in [-0.2, 0) is 0 Å². The largest absolute Gasteiger partial charge is 0.436 e. The molecule has 0 aromatic carbocycles. The van der Waals surface area contributed by atoms with Crippen molar-refractivity contribution < 1.29 is 4.74 Å². The number of nitrogens with one attached hydrogen (secondary N) is 1. The van der Waals surface area contributed by atoms with Crippen molar-refractivity contribution in [1.82, 2.24) is 15.0 Å².